The van der Waals surface area contributed by atoms with Crippen molar-refractivity contribution in [2.75, 3.05) is 26.7 Å². The summed E-state index contributed by atoms with van der Waals surface area (Å²) in [5.41, 5.74) is 0.214. The molecule has 4 aliphatic rings. The molecular weight excluding hydrogens is 831 g/mol. The number of carbonyl (C=O) groups is 4. The van der Waals surface area contributed by atoms with Crippen molar-refractivity contribution in [1.29, 1.82) is 0 Å². The number of benzene rings is 2. The first-order chi connectivity index (χ1) is 29.4. The molecule has 2 aromatic heterocycles. The smallest absolute Gasteiger partial charge is 0.321 e. The Morgan fingerprint density at radius 1 is 1.05 bits per heavy atom. The van der Waals surface area contributed by atoms with Crippen LogP contribution in [0.2, 0.25) is 0 Å². The van der Waals surface area contributed by atoms with Gasteiger partial charge in [0.25, 0.3) is 15.9 Å². The van der Waals surface area contributed by atoms with Crippen molar-refractivity contribution < 1.29 is 37.1 Å². The van der Waals surface area contributed by atoms with E-state index in [1.165, 1.54) is 28.0 Å². The molecule has 15 nitrogen and oxygen atoms in total. The van der Waals surface area contributed by atoms with Crippen molar-refractivity contribution in [3.05, 3.63) is 77.8 Å². The van der Waals surface area contributed by atoms with Crippen molar-refractivity contribution >= 4 is 56.0 Å². The van der Waals surface area contributed by atoms with Crippen molar-refractivity contribution in [2.24, 2.45) is 11.8 Å². The highest BCUT2D eigenvalue weighted by Gasteiger charge is 2.61. The van der Waals surface area contributed by atoms with Gasteiger partial charge < -0.3 is 29.5 Å². The first-order valence-corrected chi connectivity index (χ1v) is 23.3. The minimum absolute atomic E-state index is 0.0154. The molecule has 2 aliphatic carbocycles. The summed E-state index contributed by atoms with van der Waals surface area (Å²) in [6.45, 7) is 14.2. The number of hydrogen-bond donors (Lipinski definition) is 2. The van der Waals surface area contributed by atoms with E-state index >= 15 is 4.79 Å². The molecule has 2 saturated heterocycles. The van der Waals surface area contributed by atoms with E-state index in [0.29, 0.717) is 41.2 Å². The molecule has 2 aromatic carbocycles. The number of thiazole rings is 1. The topological polar surface area (TPSA) is 180 Å². The van der Waals surface area contributed by atoms with Crippen molar-refractivity contribution in [3.8, 4) is 22.2 Å². The average Bonchev–Trinajstić information content (AvgIpc) is 3.70. The third kappa shape index (κ3) is 8.00. The van der Waals surface area contributed by atoms with Gasteiger partial charge in [-0.2, -0.15) is 0 Å². The number of sulfonamides is 1. The summed E-state index contributed by atoms with van der Waals surface area (Å²) in [6, 6.07) is 12.5. The number of carbonyl (C=O) groups excluding carboxylic acids is 4. The van der Waals surface area contributed by atoms with Crippen LogP contribution in [0.1, 0.15) is 64.5 Å². The molecule has 1 saturated carbocycles. The highest BCUT2D eigenvalue weighted by Crippen LogP contribution is 2.46. The summed E-state index contributed by atoms with van der Waals surface area (Å²) in [7, 11) is -2.70. The zero-order valence-electron chi connectivity index (χ0n) is 35.8. The second-order valence-electron chi connectivity index (χ2n) is 17.9. The molecule has 5 atom stereocenters. The minimum Gasteiger partial charge on any atom is -0.497 e. The monoisotopic (exact) mass is 883 g/mol. The number of ether oxygens (including phenoxy) is 2. The SMILES string of the molecule is C=C[C@@H]1C[C@]1(NC(=O)[C@@H]1C[C@@H](Oc2cc(-c3nc4c(s3)CCC4)nc3cc(OC)ccc23)CN1C(=O)[C@H](C(C)C)N1CCN(C(C)(C)C)C1=O)C(=O)NS(=O)(=O)c1ccccc1. The van der Waals surface area contributed by atoms with Crippen LogP contribution in [0.4, 0.5) is 4.79 Å². The Morgan fingerprint density at radius 3 is 2.45 bits per heavy atom. The molecule has 4 aromatic rings. The number of amides is 5. The van der Waals surface area contributed by atoms with Gasteiger partial charge in [0.05, 0.1) is 29.8 Å². The van der Waals surface area contributed by atoms with E-state index < -0.39 is 62.9 Å². The summed E-state index contributed by atoms with van der Waals surface area (Å²) in [6.07, 6.45) is 3.88. The number of fused-ring (bicyclic) bond motifs is 2. The Labute approximate surface area is 365 Å². The lowest BCUT2D eigenvalue weighted by molar-refractivity contribution is -0.143. The molecule has 0 bridgehead atoms. The normalized spacial score (nSPS) is 22.8. The van der Waals surface area contributed by atoms with E-state index in [0.717, 1.165) is 30.0 Å². The van der Waals surface area contributed by atoms with Gasteiger partial charge in [-0.05, 0) is 76.6 Å². The van der Waals surface area contributed by atoms with E-state index in [9.17, 15) is 22.8 Å². The molecule has 0 unspecified atom stereocenters. The number of methoxy groups -OCH3 is 1. The lowest BCUT2D eigenvalue weighted by Crippen LogP contribution is -2.59. The van der Waals surface area contributed by atoms with Gasteiger partial charge >= 0.3 is 6.03 Å². The quantitative estimate of drug-likeness (QED) is 0.167. The zero-order chi connectivity index (χ0) is 44.3. The summed E-state index contributed by atoms with van der Waals surface area (Å²) in [5, 5.41) is 4.32. The van der Waals surface area contributed by atoms with Crippen LogP contribution in [0.25, 0.3) is 21.6 Å². The molecule has 2 N–H and O–H groups in total. The number of aryl methyl sites for hydroxylation is 2. The summed E-state index contributed by atoms with van der Waals surface area (Å²) < 4.78 is 41.1. The zero-order valence-corrected chi connectivity index (χ0v) is 37.5. The van der Waals surface area contributed by atoms with Crippen LogP contribution in [-0.2, 0) is 37.2 Å². The van der Waals surface area contributed by atoms with E-state index in [-0.39, 0.29) is 36.2 Å². The largest absolute Gasteiger partial charge is 0.497 e. The minimum atomic E-state index is -4.28. The molecule has 0 radical (unpaired) electrons. The third-order valence-corrected chi connectivity index (χ3v) is 14.9. The highest BCUT2D eigenvalue weighted by atomic mass is 32.2. The fourth-order valence-corrected chi connectivity index (χ4v) is 11.1. The van der Waals surface area contributed by atoms with Crippen molar-refractivity contribution in [2.45, 2.75) is 101 Å². The second-order valence-corrected chi connectivity index (χ2v) is 20.6. The summed E-state index contributed by atoms with van der Waals surface area (Å²) in [4.78, 5) is 73.4. The summed E-state index contributed by atoms with van der Waals surface area (Å²) in [5.74, 6) is -1.81. The third-order valence-electron chi connectivity index (χ3n) is 12.3. The van der Waals surface area contributed by atoms with E-state index in [4.69, 9.17) is 19.4 Å². The highest BCUT2D eigenvalue weighted by molar-refractivity contribution is 7.90. The number of pyridine rings is 1. The molecule has 4 heterocycles. The van der Waals surface area contributed by atoms with Crippen molar-refractivity contribution in [3.63, 3.8) is 0 Å². The van der Waals surface area contributed by atoms with Crippen LogP contribution < -0.4 is 19.5 Å². The predicted molar refractivity (Wildman–Crippen MR) is 234 cm³/mol. The van der Waals surface area contributed by atoms with Gasteiger partial charge in [-0.1, -0.05) is 38.1 Å². The second kappa shape index (κ2) is 16.3. The number of nitrogens with zero attached hydrogens (tertiary/aromatic N) is 5. The molecular formula is C45H53N7O8S2. The van der Waals surface area contributed by atoms with E-state index in [2.05, 4.69) is 16.6 Å². The van der Waals surface area contributed by atoms with Gasteiger partial charge in [-0.25, -0.2) is 27.9 Å². The van der Waals surface area contributed by atoms with E-state index in [1.54, 1.807) is 46.4 Å². The predicted octanol–water partition coefficient (Wildman–Crippen LogP) is 5.33. The van der Waals surface area contributed by atoms with Gasteiger partial charge in [-0.15, -0.1) is 17.9 Å². The molecule has 3 fully saturated rings. The molecule has 5 amide bonds. The Balaban J connectivity index is 1.13. The number of urea groups is 1. The average molecular weight is 884 g/mol. The van der Waals surface area contributed by atoms with Crippen LogP contribution >= 0.6 is 11.3 Å². The lowest BCUT2D eigenvalue weighted by atomic mass is 10.0. The number of nitrogens with one attached hydrogen (secondary N) is 2. The van der Waals surface area contributed by atoms with E-state index in [1.807, 2.05) is 58.9 Å². The number of rotatable bonds is 13. The molecule has 8 rings (SSSR count). The molecule has 328 valence electrons. The van der Waals surface area contributed by atoms with Gasteiger partial charge in [0.15, 0.2) is 0 Å². The Bertz CT molecular complexity index is 2540. The van der Waals surface area contributed by atoms with Gasteiger partial charge in [0.1, 0.15) is 45.9 Å². The van der Waals surface area contributed by atoms with Crippen LogP contribution in [0, 0.1) is 11.8 Å². The Hall–Kier alpha value is -5.55. The summed E-state index contributed by atoms with van der Waals surface area (Å²) >= 11 is 1.61. The number of aromatic nitrogens is 2. The van der Waals surface area contributed by atoms with Crippen molar-refractivity contribution in [1.82, 2.24) is 34.7 Å². The molecule has 2 aliphatic heterocycles. The first kappa shape index (κ1) is 43.1. The Kier molecular flexibility index (Phi) is 11.3. The molecule has 62 heavy (non-hydrogen) atoms. The maximum Gasteiger partial charge on any atom is 0.321 e. The van der Waals surface area contributed by atoms with Gasteiger partial charge in [0.2, 0.25) is 11.8 Å². The number of likely N-dealkylation sites (tertiary alicyclic amines) is 1. The Morgan fingerprint density at radius 2 is 1.81 bits per heavy atom. The fraction of sp³-hybridized carbons (Fsp3) is 0.467. The maximum atomic E-state index is 15.0. The fourth-order valence-electron chi connectivity index (χ4n) is 8.96. The van der Waals surface area contributed by atoms with Gasteiger partial charge in [-0.3, -0.25) is 14.4 Å². The van der Waals surface area contributed by atoms with Crippen LogP contribution in [-0.4, -0.2) is 113 Å². The van der Waals surface area contributed by atoms with Crippen LogP contribution in [0.5, 0.6) is 11.5 Å². The molecule has 17 heteroatoms. The maximum absolute atomic E-state index is 15.0. The van der Waals surface area contributed by atoms with Crippen LogP contribution in [0.15, 0.2) is 72.1 Å². The van der Waals surface area contributed by atoms with Crippen LogP contribution in [0.3, 0.4) is 0 Å². The standard InChI is InChI=1S/C45H53N7O8S2/c1-8-27-24-45(27,42(55)49-62(57,58)30-13-10-9-11-14-30)48-39(53)35-22-29(25-51(35)41(54)38(26(2)3)50-19-20-52(43(50)56)44(4,5)6)60-36-23-34(40-47-32-15-12-16-37(32)61-40)46-33-21-28(59-7)17-18-31(33)36/h8-11,13-14,17-18,21,23,26-27,29,35,38H,1,12,15-16,19-20,22,24-25H2,2-7H3,(H,48,53)(H,49,55)/t27-,29-,35+,38+,45-/m1/s1. The first-order valence-electron chi connectivity index (χ1n) is 21.0. The molecule has 0 spiro atoms. The lowest BCUT2D eigenvalue weighted by Gasteiger charge is -2.37. The van der Waals surface area contributed by atoms with Gasteiger partial charge in [0, 0.05) is 53.4 Å². The number of hydrogen-bond acceptors (Lipinski definition) is 11.